The molecule has 0 unspecified atom stereocenters. The molecule has 0 saturated carbocycles. The first kappa shape index (κ1) is 19.3. The van der Waals surface area contributed by atoms with Gasteiger partial charge in [0.25, 0.3) is 0 Å². The van der Waals surface area contributed by atoms with Crippen LogP contribution in [0.2, 0.25) is 0 Å². The maximum Gasteiger partial charge on any atom is 0.334 e. The third-order valence-electron chi connectivity index (χ3n) is 6.03. The van der Waals surface area contributed by atoms with Crippen LogP contribution in [0.1, 0.15) is 47.0 Å². The van der Waals surface area contributed by atoms with E-state index in [1.54, 1.807) is 27.7 Å². The van der Waals surface area contributed by atoms with Crippen LogP contribution in [-0.4, -0.2) is 51.9 Å². The van der Waals surface area contributed by atoms with Crippen LogP contribution in [0.5, 0.6) is 0 Å². The first-order valence-corrected chi connectivity index (χ1v) is 9.18. The molecule has 26 heavy (non-hydrogen) atoms. The highest BCUT2D eigenvalue weighted by molar-refractivity contribution is 5.91. The van der Waals surface area contributed by atoms with Crippen molar-refractivity contribution in [1.82, 2.24) is 0 Å². The van der Waals surface area contributed by atoms with Crippen LogP contribution in [-0.2, 0) is 23.8 Å². The average Bonchev–Trinajstić information content (AvgIpc) is 2.93. The fraction of sp³-hybridized carbons (Fsp3) is 0.789. The van der Waals surface area contributed by atoms with Gasteiger partial charge in [-0.05, 0) is 13.3 Å². The van der Waals surface area contributed by atoms with Crippen molar-refractivity contribution in [2.45, 2.75) is 76.7 Å². The lowest BCUT2D eigenvalue weighted by Crippen LogP contribution is -2.44. The highest BCUT2D eigenvalue weighted by Gasteiger charge is 2.60. The Kier molecular flexibility index (Phi) is 4.70. The Balaban J connectivity index is 2.01. The Morgan fingerprint density at radius 1 is 1.38 bits per heavy atom. The maximum absolute atomic E-state index is 12.3. The van der Waals surface area contributed by atoms with Crippen molar-refractivity contribution >= 4 is 11.9 Å². The zero-order valence-electron chi connectivity index (χ0n) is 15.7. The second-order valence-corrected chi connectivity index (χ2v) is 8.45. The summed E-state index contributed by atoms with van der Waals surface area (Å²) in [5.74, 6) is -3.69. The lowest BCUT2D eigenvalue weighted by molar-refractivity contribution is -0.253. The summed E-state index contributed by atoms with van der Waals surface area (Å²) >= 11 is 0. The molecule has 7 atom stereocenters. The molecular formula is C19H28O7. The molecule has 3 fully saturated rings. The Morgan fingerprint density at radius 3 is 2.65 bits per heavy atom. The molecule has 3 aliphatic rings. The van der Waals surface area contributed by atoms with Gasteiger partial charge in [-0.3, -0.25) is 4.79 Å². The summed E-state index contributed by atoms with van der Waals surface area (Å²) < 4.78 is 17.1. The molecule has 3 heterocycles. The second kappa shape index (κ2) is 6.32. The smallest absolute Gasteiger partial charge is 0.334 e. The van der Waals surface area contributed by atoms with E-state index in [0.717, 1.165) is 0 Å². The van der Waals surface area contributed by atoms with Crippen molar-refractivity contribution in [2.24, 2.45) is 17.8 Å². The predicted molar refractivity (Wildman–Crippen MR) is 90.7 cm³/mol. The van der Waals surface area contributed by atoms with Crippen LogP contribution in [0.4, 0.5) is 0 Å². The van der Waals surface area contributed by atoms with Gasteiger partial charge in [0, 0.05) is 24.3 Å². The van der Waals surface area contributed by atoms with Crippen LogP contribution in [0.3, 0.4) is 0 Å². The molecule has 0 aromatic heterocycles. The number of aliphatic hydroxyl groups is 2. The molecule has 0 amide bonds. The standard InChI is InChI=1S/C19H28O7/c1-9(2)16(21)25-13-7-18(5)14(20)8-19(23,26-18)10(3)6-12-15(13)11(4)17(22)24-12/h9-10,12-15,20,23H,4,6-8H2,1-3,5H3/t10-,12-,13-,14+,15+,18-,19-/m1/s1. The number of fused-ring (bicyclic) bond motifs is 3. The third-order valence-corrected chi connectivity index (χ3v) is 6.03. The predicted octanol–water partition coefficient (Wildman–Crippen LogP) is 1.31. The van der Waals surface area contributed by atoms with E-state index in [4.69, 9.17) is 14.2 Å². The molecule has 0 aromatic rings. The van der Waals surface area contributed by atoms with E-state index in [1.807, 2.05) is 0 Å². The quantitative estimate of drug-likeness (QED) is 0.560. The van der Waals surface area contributed by atoms with E-state index >= 15 is 0 Å². The average molecular weight is 368 g/mol. The Bertz CT molecular complexity index is 629. The number of hydrogen-bond acceptors (Lipinski definition) is 7. The van der Waals surface area contributed by atoms with Gasteiger partial charge in [-0.1, -0.05) is 27.4 Å². The number of esters is 2. The summed E-state index contributed by atoms with van der Waals surface area (Å²) in [5.41, 5.74) is -0.849. The van der Waals surface area contributed by atoms with Crippen LogP contribution in [0.15, 0.2) is 12.2 Å². The maximum atomic E-state index is 12.3. The van der Waals surface area contributed by atoms with E-state index in [1.165, 1.54) is 0 Å². The van der Waals surface area contributed by atoms with Gasteiger partial charge in [0.1, 0.15) is 12.2 Å². The van der Waals surface area contributed by atoms with E-state index in [2.05, 4.69) is 6.58 Å². The van der Waals surface area contributed by atoms with Gasteiger partial charge in [-0.25, -0.2) is 4.79 Å². The minimum atomic E-state index is -1.52. The molecule has 146 valence electrons. The number of carbonyl (C=O) groups excluding carboxylic acids is 2. The van der Waals surface area contributed by atoms with Gasteiger partial charge in [-0.2, -0.15) is 0 Å². The molecule has 0 spiro atoms. The first-order chi connectivity index (χ1) is 12.0. The molecule has 3 saturated heterocycles. The normalized spacial score (nSPS) is 45.6. The van der Waals surface area contributed by atoms with E-state index in [9.17, 15) is 19.8 Å². The van der Waals surface area contributed by atoms with Crippen molar-refractivity contribution in [3.05, 3.63) is 12.2 Å². The van der Waals surface area contributed by atoms with Gasteiger partial charge in [0.2, 0.25) is 0 Å². The Labute approximate surface area is 153 Å². The number of carbonyl (C=O) groups is 2. The lowest BCUT2D eigenvalue weighted by Gasteiger charge is -2.34. The molecule has 7 heteroatoms. The van der Waals surface area contributed by atoms with E-state index < -0.39 is 47.6 Å². The minimum Gasteiger partial charge on any atom is -0.461 e. The van der Waals surface area contributed by atoms with Crippen molar-refractivity contribution in [1.29, 1.82) is 0 Å². The van der Waals surface area contributed by atoms with Gasteiger partial charge in [0.15, 0.2) is 5.79 Å². The van der Waals surface area contributed by atoms with Crippen LogP contribution in [0, 0.1) is 17.8 Å². The minimum absolute atomic E-state index is 0.0573. The molecule has 0 radical (unpaired) electrons. The fourth-order valence-corrected chi connectivity index (χ4v) is 4.25. The number of ether oxygens (including phenoxy) is 3. The van der Waals surface area contributed by atoms with Crippen molar-refractivity contribution in [2.75, 3.05) is 0 Å². The number of rotatable bonds is 2. The van der Waals surface area contributed by atoms with E-state index in [-0.39, 0.29) is 30.3 Å². The summed E-state index contributed by atoms with van der Waals surface area (Å²) in [4.78, 5) is 24.4. The molecule has 7 nitrogen and oxygen atoms in total. The molecule has 3 aliphatic heterocycles. The number of aliphatic hydroxyl groups excluding tert-OH is 1. The molecular weight excluding hydrogens is 340 g/mol. The largest absolute Gasteiger partial charge is 0.461 e. The molecule has 3 rings (SSSR count). The highest BCUT2D eigenvalue weighted by atomic mass is 16.7. The van der Waals surface area contributed by atoms with Gasteiger partial charge in [0.05, 0.1) is 23.5 Å². The number of hydrogen-bond donors (Lipinski definition) is 2. The third kappa shape index (κ3) is 3.06. The van der Waals surface area contributed by atoms with E-state index in [0.29, 0.717) is 6.42 Å². The van der Waals surface area contributed by atoms with Crippen molar-refractivity contribution in [3.63, 3.8) is 0 Å². The van der Waals surface area contributed by atoms with Gasteiger partial charge >= 0.3 is 11.9 Å². The van der Waals surface area contributed by atoms with Gasteiger partial charge < -0.3 is 24.4 Å². The van der Waals surface area contributed by atoms with Crippen LogP contribution in [0.25, 0.3) is 0 Å². The zero-order chi connectivity index (χ0) is 19.4. The van der Waals surface area contributed by atoms with Gasteiger partial charge in [-0.15, -0.1) is 0 Å². The highest BCUT2D eigenvalue weighted by Crippen LogP contribution is 2.49. The molecule has 2 bridgehead atoms. The SMILES string of the molecule is C=C1C(=O)O[C@@H]2C[C@@H](C)[C@@]3(O)C[C@H](O)[C@@](C)(C[C@@H](OC(=O)C(C)C)[C@@H]12)O3. The summed E-state index contributed by atoms with van der Waals surface area (Å²) in [6, 6.07) is 0. The Morgan fingerprint density at radius 2 is 2.04 bits per heavy atom. The monoisotopic (exact) mass is 368 g/mol. The zero-order valence-corrected chi connectivity index (χ0v) is 15.7. The lowest BCUT2D eigenvalue weighted by atomic mass is 9.78. The first-order valence-electron chi connectivity index (χ1n) is 9.18. The summed E-state index contributed by atoms with van der Waals surface area (Å²) in [7, 11) is 0. The van der Waals surface area contributed by atoms with Crippen molar-refractivity contribution in [3.8, 4) is 0 Å². The van der Waals surface area contributed by atoms with Crippen molar-refractivity contribution < 1.29 is 34.0 Å². The summed E-state index contributed by atoms with van der Waals surface area (Å²) in [6.45, 7) is 10.8. The second-order valence-electron chi connectivity index (χ2n) is 8.45. The van der Waals surface area contributed by atoms with Crippen LogP contribution >= 0.6 is 0 Å². The molecule has 0 aromatic carbocycles. The molecule has 0 aliphatic carbocycles. The topological polar surface area (TPSA) is 102 Å². The fourth-order valence-electron chi connectivity index (χ4n) is 4.25. The molecule has 2 N–H and O–H groups in total. The summed E-state index contributed by atoms with van der Waals surface area (Å²) in [6.07, 6.45) is -1.69. The summed E-state index contributed by atoms with van der Waals surface area (Å²) in [5, 5.41) is 21.5. The van der Waals surface area contributed by atoms with Crippen LogP contribution < -0.4 is 0 Å². The Hall–Kier alpha value is -1.44.